The Balaban J connectivity index is 2.72. The molecule has 1 rings (SSSR count). The number of carboxylic acids is 1. The van der Waals surface area contributed by atoms with E-state index in [1.807, 2.05) is 0 Å². The highest BCUT2D eigenvalue weighted by Gasteiger charge is 2.19. The lowest BCUT2D eigenvalue weighted by molar-refractivity contribution is -0.139. The molecule has 21 heavy (non-hydrogen) atoms. The molecular weight excluding hydrogens is 302 g/mol. The minimum atomic E-state index is -2.61. The van der Waals surface area contributed by atoms with Crippen molar-refractivity contribution >= 4 is 29.4 Å². The molecule has 0 spiro atoms. The molecule has 2 amide bonds. The molecular formula is C13H16F2N2O3S. The van der Waals surface area contributed by atoms with Crippen LogP contribution in [0, 0.1) is 0 Å². The third kappa shape index (κ3) is 5.99. The number of alkyl halides is 2. The Morgan fingerprint density at radius 2 is 2.00 bits per heavy atom. The number of carbonyl (C=O) groups excluding carboxylic acids is 1. The number of hydrogen-bond acceptors (Lipinski definition) is 3. The number of rotatable bonds is 7. The first-order valence-corrected chi connectivity index (χ1v) is 7.16. The quantitative estimate of drug-likeness (QED) is 0.674. The van der Waals surface area contributed by atoms with Crippen LogP contribution in [0.15, 0.2) is 29.2 Å². The first-order chi connectivity index (χ1) is 9.93. The van der Waals surface area contributed by atoms with Gasteiger partial charge in [-0.2, -0.15) is 8.78 Å². The Kier molecular flexibility index (Phi) is 6.93. The van der Waals surface area contributed by atoms with Crippen LogP contribution in [0.4, 0.5) is 19.3 Å². The van der Waals surface area contributed by atoms with E-state index < -0.39 is 23.8 Å². The summed E-state index contributed by atoms with van der Waals surface area (Å²) in [4.78, 5) is 22.9. The molecule has 0 aliphatic rings. The van der Waals surface area contributed by atoms with Crippen molar-refractivity contribution in [2.75, 3.05) is 5.32 Å². The summed E-state index contributed by atoms with van der Waals surface area (Å²) in [7, 11) is 0. The lowest BCUT2D eigenvalue weighted by Crippen LogP contribution is -2.42. The predicted molar refractivity (Wildman–Crippen MR) is 76.8 cm³/mol. The normalized spacial score (nSPS) is 12.0. The van der Waals surface area contributed by atoms with Gasteiger partial charge < -0.3 is 15.7 Å². The molecule has 1 aromatic rings. The zero-order chi connectivity index (χ0) is 15.8. The summed E-state index contributed by atoms with van der Waals surface area (Å²) >= 11 is 0.310. The van der Waals surface area contributed by atoms with Gasteiger partial charge in [0.05, 0.1) is 5.69 Å². The van der Waals surface area contributed by atoms with Crippen LogP contribution >= 0.6 is 11.8 Å². The summed E-state index contributed by atoms with van der Waals surface area (Å²) in [5.74, 6) is -3.75. The molecule has 116 valence electrons. The minimum Gasteiger partial charge on any atom is -0.480 e. The standard InChI is InChI=1S/C13H16F2N2O3S/c1-2-5-9(11(18)19)17-13(20)16-8-6-3-4-7-10(8)21-12(14)15/h3-4,6-7,9,12H,2,5H2,1H3,(H,18,19)(H2,16,17,20)/t9-/m0/s1. The molecule has 3 N–H and O–H groups in total. The topological polar surface area (TPSA) is 78.4 Å². The van der Waals surface area contributed by atoms with Crippen molar-refractivity contribution in [1.82, 2.24) is 5.32 Å². The fourth-order valence-corrected chi connectivity index (χ4v) is 2.23. The van der Waals surface area contributed by atoms with Crippen LogP contribution in [0.25, 0.3) is 0 Å². The Labute approximate surface area is 125 Å². The number of anilines is 1. The average Bonchev–Trinajstić information content (AvgIpc) is 2.39. The molecule has 1 aromatic carbocycles. The summed E-state index contributed by atoms with van der Waals surface area (Å²) in [6, 6.07) is 4.34. The van der Waals surface area contributed by atoms with E-state index in [4.69, 9.17) is 5.11 Å². The number of benzene rings is 1. The monoisotopic (exact) mass is 318 g/mol. The maximum atomic E-state index is 12.4. The zero-order valence-corrected chi connectivity index (χ0v) is 12.1. The number of aliphatic carboxylic acids is 1. The van der Waals surface area contributed by atoms with Gasteiger partial charge in [0.15, 0.2) is 0 Å². The second kappa shape index (κ2) is 8.46. The number of halogens is 2. The fraction of sp³-hybridized carbons (Fsp3) is 0.385. The minimum absolute atomic E-state index is 0.209. The van der Waals surface area contributed by atoms with E-state index in [2.05, 4.69) is 10.6 Å². The summed E-state index contributed by atoms with van der Waals surface area (Å²) < 4.78 is 24.8. The van der Waals surface area contributed by atoms with E-state index in [-0.39, 0.29) is 17.0 Å². The van der Waals surface area contributed by atoms with E-state index >= 15 is 0 Å². The number of thioether (sulfide) groups is 1. The number of carboxylic acid groups (broad SMARTS) is 1. The van der Waals surface area contributed by atoms with Crippen LogP contribution < -0.4 is 10.6 Å². The average molecular weight is 318 g/mol. The highest BCUT2D eigenvalue weighted by Crippen LogP contribution is 2.31. The Bertz CT molecular complexity index is 500. The van der Waals surface area contributed by atoms with Crippen molar-refractivity contribution in [2.45, 2.75) is 36.5 Å². The molecule has 0 bridgehead atoms. The van der Waals surface area contributed by atoms with Gasteiger partial charge in [-0.15, -0.1) is 0 Å². The van der Waals surface area contributed by atoms with Crippen molar-refractivity contribution in [3.05, 3.63) is 24.3 Å². The Hall–Kier alpha value is -1.83. The third-order valence-electron chi connectivity index (χ3n) is 2.53. The highest BCUT2D eigenvalue weighted by atomic mass is 32.2. The molecule has 0 aliphatic carbocycles. The summed E-state index contributed by atoms with van der Waals surface area (Å²) in [5, 5.41) is 13.6. The van der Waals surface area contributed by atoms with E-state index in [0.717, 1.165) is 0 Å². The van der Waals surface area contributed by atoms with Gasteiger partial charge in [-0.1, -0.05) is 37.2 Å². The van der Waals surface area contributed by atoms with Crippen LogP contribution in [0.2, 0.25) is 0 Å². The Morgan fingerprint density at radius 3 is 2.57 bits per heavy atom. The number of urea groups is 1. The molecule has 1 atom stereocenters. The first kappa shape index (κ1) is 17.2. The predicted octanol–water partition coefficient (Wildman–Crippen LogP) is 3.38. The number of hydrogen-bond donors (Lipinski definition) is 3. The van der Waals surface area contributed by atoms with Gasteiger partial charge in [0.1, 0.15) is 6.04 Å². The van der Waals surface area contributed by atoms with Gasteiger partial charge in [0.2, 0.25) is 0 Å². The molecule has 5 nitrogen and oxygen atoms in total. The van der Waals surface area contributed by atoms with Crippen molar-refractivity contribution in [3.8, 4) is 0 Å². The van der Waals surface area contributed by atoms with Crippen molar-refractivity contribution in [2.24, 2.45) is 0 Å². The number of para-hydroxylation sites is 1. The Morgan fingerprint density at radius 1 is 1.33 bits per heavy atom. The van der Waals surface area contributed by atoms with Crippen LogP contribution in [0.3, 0.4) is 0 Å². The van der Waals surface area contributed by atoms with E-state index in [1.165, 1.54) is 12.1 Å². The first-order valence-electron chi connectivity index (χ1n) is 6.28. The molecule has 0 saturated heterocycles. The van der Waals surface area contributed by atoms with Crippen LogP contribution in [-0.2, 0) is 4.79 Å². The largest absolute Gasteiger partial charge is 0.480 e. The van der Waals surface area contributed by atoms with Crippen LogP contribution in [0.5, 0.6) is 0 Å². The second-order valence-corrected chi connectivity index (χ2v) is 5.18. The van der Waals surface area contributed by atoms with Crippen LogP contribution in [0.1, 0.15) is 19.8 Å². The number of nitrogens with one attached hydrogen (secondary N) is 2. The lowest BCUT2D eigenvalue weighted by Gasteiger charge is -2.15. The van der Waals surface area contributed by atoms with Gasteiger partial charge in [-0.25, -0.2) is 9.59 Å². The lowest BCUT2D eigenvalue weighted by atomic mass is 10.2. The van der Waals surface area contributed by atoms with Crippen molar-refractivity contribution in [1.29, 1.82) is 0 Å². The molecule has 0 radical (unpaired) electrons. The maximum absolute atomic E-state index is 12.4. The second-order valence-electron chi connectivity index (χ2n) is 4.15. The highest BCUT2D eigenvalue weighted by molar-refractivity contribution is 7.99. The smallest absolute Gasteiger partial charge is 0.326 e. The van der Waals surface area contributed by atoms with Crippen LogP contribution in [-0.4, -0.2) is 28.9 Å². The zero-order valence-electron chi connectivity index (χ0n) is 11.3. The van der Waals surface area contributed by atoms with Gasteiger partial charge in [-0.3, -0.25) is 0 Å². The summed E-state index contributed by atoms with van der Waals surface area (Å²) in [6.07, 6.45) is 0.880. The van der Waals surface area contributed by atoms with Gasteiger partial charge >= 0.3 is 12.0 Å². The molecule has 0 unspecified atom stereocenters. The summed E-state index contributed by atoms with van der Waals surface area (Å²) in [5.41, 5.74) is 0.209. The third-order valence-corrected chi connectivity index (χ3v) is 3.32. The van der Waals surface area contributed by atoms with Gasteiger partial charge in [0.25, 0.3) is 5.76 Å². The van der Waals surface area contributed by atoms with Crippen molar-refractivity contribution < 1.29 is 23.5 Å². The molecule has 0 fully saturated rings. The number of carbonyl (C=O) groups is 2. The number of amides is 2. The molecule has 0 aliphatic heterocycles. The van der Waals surface area contributed by atoms with E-state index in [0.29, 0.717) is 18.2 Å². The van der Waals surface area contributed by atoms with E-state index in [1.54, 1.807) is 19.1 Å². The molecule has 8 heteroatoms. The fourth-order valence-electron chi connectivity index (χ4n) is 1.63. The van der Waals surface area contributed by atoms with Gasteiger partial charge in [-0.05, 0) is 18.6 Å². The van der Waals surface area contributed by atoms with Crippen molar-refractivity contribution in [3.63, 3.8) is 0 Å². The molecule has 0 aromatic heterocycles. The van der Waals surface area contributed by atoms with E-state index in [9.17, 15) is 18.4 Å². The maximum Gasteiger partial charge on any atom is 0.326 e. The van der Waals surface area contributed by atoms with Gasteiger partial charge in [0, 0.05) is 4.90 Å². The summed E-state index contributed by atoms with van der Waals surface area (Å²) in [6.45, 7) is 1.80. The molecule has 0 heterocycles. The SMILES string of the molecule is CCC[C@H](NC(=O)Nc1ccccc1SC(F)F)C(=O)O. The molecule has 0 saturated carbocycles.